The average molecular weight is 287 g/mol. The first kappa shape index (κ1) is 14.5. The zero-order valence-corrected chi connectivity index (χ0v) is 11.9. The van der Waals surface area contributed by atoms with Crippen LogP contribution in [0.1, 0.15) is 26.2 Å². The maximum absolute atomic E-state index is 12.5. The molecule has 0 aliphatic carbocycles. The topological polar surface area (TPSA) is 86.9 Å². The third-order valence-corrected chi connectivity index (χ3v) is 5.21. The van der Waals surface area contributed by atoms with Crippen molar-refractivity contribution in [3.63, 3.8) is 0 Å². The van der Waals surface area contributed by atoms with Crippen molar-refractivity contribution in [1.29, 1.82) is 0 Å². The molecule has 0 aromatic heterocycles. The van der Waals surface area contributed by atoms with Gasteiger partial charge in [-0.25, -0.2) is 9.59 Å². The second kappa shape index (κ2) is 6.00. The number of carbonyl (C=O) groups is 2. The van der Waals surface area contributed by atoms with Crippen LogP contribution < -0.4 is 5.73 Å². The van der Waals surface area contributed by atoms with E-state index in [0.29, 0.717) is 18.8 Å². The molecule has 2 aliphatic heterocycles. The largest absolute Gasteiger partial charge is 0.480 e. The molecule has 2 heterocycles. The van der Waals surface area contributed by atoms with Gasteiger partial charge in [-0.2, -0.15) is 0 Å². The lowest BCUT2D eigenvalue weighted by Crippen LogP contribution is -2.54. The number of carboxylic acids is 1. The van der Waals surface area contributed by atoms with Gasteiger partial charge in [0.15, 0.2) is 0 Å². The van der Waals surface area contributed by atoms with Crippen molar-refractivity contribution in [2.75, 3.05) is 18.8 Å². The molecule has 2 rings (SSSR count). The summed E-state index contributed by atoms with van der Waals surface area (Å²) in [5, 5.41) is 9.22. The molecule has 0 spiro atoms. The highest BCUT2D eigenvalue weighted by Gasteiger charge is 2.42. The van der Waals surface area contributed by atoms with Crippen molar-refractivity contribution in [3.05, 3.63) is 0 Å². The van der Waals surface area contributed by atoms with E-state index in [1.54, 1.807) is 21.6 Å². The van der Waals surface area contributed by atoms with Gasteiger partial charge in [-0.15, -0.1) is 11.8 Å². The van der Waals surface area contributed by atoms with E-state index in [4.69, 9.17) is 5.73 Å². The van der Waals surface area contributed by atoms with E-state index in [1.807, 2.05) is 6.92 Å². The van der Waals surface area contributed by atoms with Crippen molar-refractivity contribution in [1.82, 2.24) is 9.80 Å². The Labute approximate surface area is 117 Å². The van der Waals surface area contributed by atoms with Gasteiger partial charge in [0.2, 0.25) is 0 Å². The first-order valence-electron chi connectivity index (χ1n) is 6.71. The molecular weight excluding hydrogens is 266 g/mol. The second-order valence-electron chi connectivity index (χ2n) is 5.06. The highest BCUT2D eigenvalue weighted by Crippen LogP contribution is 2.32. The number of hydrogen-bond donors (Lipinski definition) is 2. The van der Waals surface area contributed by atoms with Gasteiger partial charge in [0, 0.05) is 24.9 Å². The summed E-state index contributed by atoms with van der Waals surface area (Å²) >= 11 is 1.55. The fraction of sp³-hybridized carbons (Fsp3) is 0.833. The first-order chi connectivity index (χ1) is 9.04. The molecule has 2 saturated heterocycles. The molecule has 2 unspecified atom stereocenters. The van der Waals surface area contributed by atoms with Crippen molar-refractivity contribution >= 4 is 23.8 Å². The molecule has 0 radical (unpaired) electrons. The van der Waals surface area contributed by atoms with E-state index in [1.165, 1.54) is 0 Å². The minimum absolute atomic E-state index is 0.0239. The van der Waals surface area contributed by atoms with E-state index in [2.05, 4.69) is 0 Å². The minimum Gasteiger partial charge on any atom is -0.480 e. The Morgan fingerprint density at radius 2 is 2.00 bits per heavy atom. The SMILES string of the molecule is CCC1SCC(C(=O)O)N1C(=O)N1CCC(N)CC1. The van der Waals surface area contributed by atoms with Crippen molar-refractivity contribution in [2.45, 2.75) is 43.6 Å². The lowest BCUT2D eigenvalue weighted by molar-refractivity contribution is -0.141. The smallest absolute Gasteiger partial charge is 0.327 e. The van der Waals surface area contributed by atoms with E-state index < -0.39 is 12.0 Å². The molecule has 0 aromatic rings. The quantitative estimate of drug-likeness (QED) is 0.783. The van der Waals surface area contributed by atoms with Crippen LogP contribution in [0.25, 0.3) is 0 Å². The molecular formula is C12H21N3O3S. The predicted octanol–water partition coefficient (Wildman–Crippen LogP) is 0.768. The molecule has 0 aromatic carbocycles. The first-order valence-corrected chi connectivity index (χ1v) is 7.76. The zero-order chi connectivity index (χ0) is 14.0. The van der Waals surface area contributed by atoms with Gasteiger partial charge in [0.25, 0.3) is 0 Å². The van der Waals surface area contributed by atoms with Crippen LogP contribution in [0.5, 0.6) is 0 Å². The van der Waals surface area contributed by atoms with Crippen molar-refractivity contribution < 1.29 is 14.7 Å². The molecule has 0 bridgehead atoms. The fourth-order valence-corrected chi connectivity index (χ4v) is 3.92. The monoisotopic (exact) mass is 287 g/mol. The van der Waals surface area contributed by atoms with E-state index in [9.17, 15) is 14.7 Å². The molecule has 7 heteroatoms. The molecule has 3 N–H and O–H groups in total. The maximum atomic E-state index is 12.5. The Morgan fingerprint density at radius 3 is 2.53 bits per heavy atom. The third kappa shape index (κ3) is 2.97. The molecule has 6 nitrogen and oxygen atoms in total. The van der Waals surface area contributed by atoms with Gasteiger partial charge in [-0.05, 0) is 19.3 Å². The summed E-state index contributed by atoms with van der Waals surface area (Å²) in [6, 6.07) is -0.677. The van der Waals surface area contributed by atoms with Crippen LogP contribution in [-0.2, 0) is 4.79 Å². The Balaban J connectivity index is 2.08. The molecule has 2 aliphatic rings. The van der Waals surface area contributed by atoms with Crippen LogP contribution in [-0.4, -0.2) is 63.2 Å². The average Bonchev–Trinajstić information content (AvgIpc) is 2.82. The van der Waals surface area contributed by atoms with Crippen LogP contribution in [0.2, 0.25) is 0 Å². The minimum atomic E-state index is -0.912. The zero-order valence-electron chi connectivity index (χ0n) is 11.1. The molecule has 2 amide bonds. The van der Waals surface area contributed by atoms with Gasteiger partial charge < -0.3 is 15.7 Å². The molecule has 2 fully saturated rings. The summed E-state index contributed by atoms with van der Waals surface area (Å²) in [5.41, 5.74) is 5.83. The highest BCUT2D eigenvalue weighted by molar-refractivity contribution is 8.00. The number of piperidine rings is 1. The summed E-state index contributed by atoms with van der Waals surface area (Å²) in [5.74, 6) is -0.432. The number of amides is 2. The number of hydrogen-bond acceptors (Lipinski definition) is 4. The lowest BCUT2D eigenvalue weighted by atomic mass is 10.1. The summed E-state index contributed by atoms with van der Waals surface area (Å²) < 4.78 is 0. The summed E-state index contributed by atoms with van der Waals surface area (Å²) in [7, 11) is 0. The summed E-state index contributed by atoms with van der Waals surface area (Å²) in [6.07, 6.45) is 2.36. The fourth-order valence-electron chi connectivity index (χ4n) is 2.58. The Hall–Kier alpha value is -0.950. The number of likely N-dealkylation sites (tertiary alicyclic amines) is 1. The highest BCUT2D eigenvalue weighted by atomic mass is 32.2. The summed E-state index contributed by atoms with van der Waals surface area (Å²) in [4.78, 5) is 27.1. The lowest BCUT2D eigenvalue weighted by Gasteiger charge is -2.36. The molecule has 0 saturated carbocycles. The van der Waals surface area contributed by atoms with Gasteiger partial charge >= 0.3 is 12.0 Å². The number of urea groups is 1. The Bertz CT molecular complexity index is 358. The van der Waals surface area contributed by atoms with Crippen LogP contribution in [0.4, 0.5) is 4.79 Å². The number of carbonyl (C=O) groups excluding carboxylic acids is 1. The molecule has 108 valence electrons. The van der Waals surface area contributed by atoms with Crippen LogP contribution in [0.3, 0.4) is 0 Å². The van der Waals surface area contributed by atoms with Gasteiger partial charge in [0.1, 0.15) is 6.04 Å². The number of rotatable bonds is 2. The van der Waals surface area contributed by atoms with Gasteiger partial charge in [0.05, 0.1) is 5.37 Å². The third-order valence-electron chi connectivity index (χ3n) is 3.76. The summed E-state index contributed by atoms with van der Waals surface area (Å²) in [6.45, 7) is 3.24. The number of nitrogens with zero attached hydrogens (tertiary/aromatic N) is 2. The Morgan fingerprint density at radius 1 is 1.37 bits per heavy atom. The predicted molar refractivity (Wildman–Crippen MR) is 74.0 cm³/mol. The van der Waals surface area contributed by atoms with Crippen LogP contribution in [0.15, 0.2) is 0 Å². The van der Waals surface area contributed by atoms with Crippen molar-refractivity contribution in [2.24, 2.45) is 5.73 Å². The van der Waals surface area contributed by atoms with Gasteiger partial charge in [-0.3, -0.25) is 4.90 Å². The molecule has 2 atom stereocenters. The number of carboxylic acid groups (broad SMARTS) is 1. The van der Waals surface area contributed by atoms with Crippen molar-refractivity contribution in [3.8, 4) is 0 Å². The number of nitrogens with two attached hydrogens (primary N) is 1. The van der Waals surface area contributed by atoms with E-state index in [0.717, 1.165) is 19.3 Å². The van der Waals surface area contributed by atoms with E-state index in [-0.39, 0.29) is 17.4 Å². The van der Waals surface area contributed by atoms with Gasteiger partial charge in [-0.1, -0.05) is 6.92 Å². The standard InChI is InChI=1S/C12H21N3O3S/c1-2-10-15(9(7-19-10)11(16)17)12(18)14-5-3-8(13)4-6-14/h8-10H,2-7,13H2,1H3,(H,16,17). The number of aliphatic carboxylic acids is 1. The van der Waals surface area contributed by atoms with Crippen LogP contribution in [0, 0.1) is 0 Å². The number of thioether (sulfide) groups is 1. The van der Waals surface area contributed by atoms with Crippen LogP contribution >= 0.6 is 11.8 Å². The maximum Gasteiger partial charge on any atom is 0.327 e. The normalized spacial score (nSPS) is 28.7. The Kier molecular flexibility index (Phi) is 4.57. The molecule has 19 heavy (non-hydrogen) atoms. The van der Waals surface area contributed by atoms with E-state index >= 15 is 0 Å². The second-order valence-corrected chi connectivity index (χ2v) is 6.28.